The molecule has 2 heterocycles. The molecule has 10 heteroatoms. The van der Waals surface area contributed by atoms with Gasteiger partial charge in [-0.2, -0.15) is 13.2 Å². The highest BCUT2D eigenvalue weighted by molar-refractivity contribution is 5.98. The van der Waals surface area contributed by atoms with Gasteiger partial charge < -0.3 is 11.1 Å². The van der Waals surface area contributed by atoms with Crippen LogP contribution >= 0.6 is 0 Å². The van der Waals surface area contributed by atoms with Crippen LogP contribution in [0.15, 0.2) is 60.7 Å². The molecule has 0 radical (unpaired) electrons. The van der Waals surface area contributed by atoms with E-state index in [4.69, 9.17) is 5.73 Å². The Balaban J connectivity index is 1.75. The summed E-state index contributed by atoms with van der Waals surface area (Å²) < 4.78 is 53.5. The van der Waals surface area contributed by atoms with Crippen LogP contribution in [0, 0.1) is 19.7 Å². The number of alkyl halides is 3. The van der Waals surface area contributed by atoms with Gasteiger partial charge in [0.25, 0.3) is 5.91 Å². The van der Waals surface area contributed by atoms with E-state index in [9.17, 15) is 22.4 Å². The summed E-state index contributed by atoms with van der Waals surface area (Å²) in [5.41, 5.74) is 8.00. The first-order chi connectivity index (χ1) is 17.0. The normalized spacial score (nSPS) is 11.4. The fraction of sp³-hybridized carbons (Fsp3) is 0.154. The lowest BCUT2D eigenvalue weighted by Crippen LogP contribution is -2.27. The number of rotatable bonds is 5. The number of nitrogen functional groups attached to an aromatic ring is 1. The Hall–Kier alpha value is -4.34. The van der Waals surface area contributed by atoms with Crippen LogP contribution in [0.3, 0.4) is 0 Å². The molecule has 2 aromatic heterocycles. The quantitative estimate of drug-likeness (QED) is 0.357. The van der Waals surface area contributed by atoms with E-state index < -0.39 is 30.0 Å². The lowest BCUT2D eigenvalue weighted by Gasteiger charge is -2.15. The first kappa shape index (κ1) is 24.8. The maximum atomic E-state index is 13.5. The van der Waals surface area contributed by atoms with Crippen LogP contribution in [0.2, 0.25) is 0 Å². The molecule has 4 aromatic rings. The molecule has 1 amide bonds. The van der Waals surface area contributed by atoms with Gasteiger partial charge in [-0.15, -0.1) is 0 Å². The third-order valence-electron chi connectivity index (χ3n) is 5.37. The van der Waals surface area contributed by atoms with Crippen molar-refractivity contribution in [3.05, 3.63) is 94.7 Å². The molecule has 0 aliphatic carbocycles. The number of halogens is 4. The lowest BCUT2D eigenvalue weighted by molar-refractivity contribution is -0.138. The van der Waals surface area contributed by atoms with E-state index in [2.05, 4.69) is 20.3 Å². The molecular formula is C26H21F4N5O. The monoisotopic (exact) mass is 495 g/mol. The Morgan fingerprint density at radius 2 is 1.50 bits per heavy atom. The van der Waals surface area contributed by atoms with Gasteiger partial charge in [0, 0.05) is 29.1 Å². The average Bonchev–Trinajstić information content (AvgIpc) is 2.82. The number of nitrogens with one attached hydrogen (secondary N) is 1. The third-order valence-corrected chi connectivity index (χ3v) is 5.37. The largest absolute Gasteiger partial charge is 0.416 e. The summed E-state index contributed by atoms with van der Waals surface area (Å²) in [5, 5.41) is 2.45. The first-order valence-electron chi connectivity index (χ1n) is 10.9. The van der Waals surface area contributed by atoms with E-state index in [1.807, 2.05) is 0 Å². The maximum absolute atomic E-state index is 13.5. The van der Waals surface area contributed by atoms with Crippen molar-refractivity contribution in [3.8, 4) is 22.5 Å². The van der Waals surface area contributed by atoms with Gasteiger partial charge in [0.15, 0.2) is 11.5 Å². The number of hydrogen-bond donors (Lipinski definition) is 2. The molecule has 0 fully saturated rings. The van der Waals surface area contributed by atoms with Gasteiger partial charge in [0.05, 0.1) is 17.0 Å². The summed E-state index contributed by atoms with van der Waals surface area (Å²) in [4.78, 5) is 26.2. The number of amides is 1. The summed E-state index contributed by atoms with van der Waals surface area (Å²) >= 11 is 0. The zero-order chi connectivity index (χ0) is 26.0. The lowest BCUT2D eigenvalue weighted by atomic mass is 10.0. The van der Waals surface area contributed by atoms with Crippen LogP contribution in [0.25, 0.3) is 22.5 Å². The highest BCUT2D eigenvalue weighted by atomic mass is 19.4. The van der Waals surface area contributed by atoms with Crippen LogP contribution in [0.4, 0.5) is 23.4 Å². The molecule has 0 unspecified atom stereocenters. The zero-order valence-electron chi connectivity index (χ0n) is 19.3. The molecule has 0 aliphatic rings. The van der Waals surface area contributed by atoms with Crippen LogP contribution in [0.5, 0.6) is 0 Å². The zero-order valence-corrected chi connectivity index (χ0v) is 19.3. The molecule has 0 spiro atoms. The minimum atomic E-state index is -4.57. The van der Waals surface area contributed by atoms with Crippen molar-refractivity contribution in [2.45, 2.75) is 26.6 Å². The number of aromatic nitrogens is 3. The number of nitrogens with zero attached hydrogens (tertiary/aromatic N) is 3. The number of pyridine rings is 1. The van der Waals surface area contributed by atoms with Crippen LogP contribution < -0.4 is 11.1 Å². The highest BCUT2D eigenvalue weighted by Crippen LogP contribution is 2.33. The molecule has 0 atom stereocenters. The van der Waals surface area contributed by atoms with Crippen LogP contribution in [0.1, 0.15) is 33.0 Å². The number of hydrogen-bond acceptors (Lipinski definition) is 5. The number of benzene rings is 2. The number of carbonyl (C=O) groups is 1. The molecule has 0 bridgehead atoms. The molecule has 0 saturated heterocycles. The predicted molar refractivity (Wildman–Crippen MR) is 127 cm³/mol. The molecule has 3 N–H and O–H groups in total. The smallest absolute Gasteiger partial charge is 0.382 e. The van der Waals surface area contributed by atoms with Crippen LogP contribution in [-0.2, 0) is 12.7 Å². The van der Waals surface area contributed by atoms with E-state index in [0.717, 1.165) is 6.07 Å². The number of carbonyl (C=O) groups excluding carboxylic acids is 1. The predicted octanol–water partition coefficient (Wildman–Crippen LogP) is 5.49. The molecular weight excluding hydrogens is 474 g/mol. The van der Waals surface area contributed by atoms with Gasteiger partial charge in [0.1, 0.15) is 5.82 Å². The second-order valence-corrected chi connectivity index (χ2v) is 8.14. The molecule has 6 nitrogen and oxygen atoms in total. The maximum Gasteiger partial charge on any atom is 0.416 e. The van der Waals surface area contributed by atoms with E-state index in [0.29, 0.717) is 33.9 Å². The van der Waals surface area contributed by atoms with Gasteiger partial charge in [0.2, 0.25) is 0 Å². The summed E-state index contributed by atoms with van der Waals surface area (Å²) in [6, 6.07) is 14.0. The van der Waals surface area contributed by atoms with E-state index in [-0.39, 0.29) is 17.1 Å². The minimum absolute atomic E-state index is 0.103. The van der Waals surface area contributed by atoms with E-state index >= 15 is 0 Å². The molecule has 36 heavy (non-hydrogen) atoms. The Kier molecular flexibility index (Phi) is 6.69. The molecule has 4 rings (SSSR count). The Morgan fingerprint density at radius 1 is 0.889 bits per heavy atom. The first-order valence-corrected chi connectivity index (χ1v) is 10.9. The van der Waals surface area contributed by atoms with Gasteiger partial charge in [-0.25, -0.2) is 14.4 Å². The summed E-state index contributed by atoms with van der Waals surface area (Å²) in [6.45, 7) is 3.20. The second-order valence-electron chi connectivity index (χ2n) is 8.14. The van der Waals surface area contributed by atoms with Gasteiger partial charge in [-0.05, 0) is 61.9 Å². The van der Waals surface area contributed by atoms with Crippen molar-refractivity contribution in [2.75, 3.05) is 5.73 Å². The summed E-state index contributed by atoms with van der Waals surface area (Å²) in [6.07, 6.45) is -4.57. The number of aryl methyl sites for hydroxylation is 2. The van der Waals surface area contributed by atoms with Gasteiger partial charge >= 0.3 is 6.18 Å². The van der Waals surface area contributed by atoms with Gasteiger partial charge in [-0.1, -0.05) is 18.2 Å². The Morgan fingerprint density at radius 3 is 2.14 bits per heavy atom. The molecule has 0 aliphatic heterocycles. The van der Waals surface area contributed by atoms with Crippen molar-refractivity contribution in [3.63, 3.8) is 0 Å². The third kappa shape index (κ3) is 5.32. The SMILES string of the molecule is Cc1cc(-c2nc(C(=O)NCc3ccccc3C(F)(F)F)c(N)nc2-c2ccc(F)cc2)cc(C)n1. The second kappa shape index (κ2) is 9.73. The van der Waals surface area contributed by atoms with E-state index in [1.165, 1.54) is 42.5 Å². The highest BCUT2D eigenvalue weighted by Gasteiger charge is 2.33. The Labute approximate surface area is 204 Å². The fourth-order valence-electron chi connectivity index (χ4n) is 3.81. The fourth-order valence-corrected chi connectivity index (χ4v) is 3.81. The summed E-state index contributed by atoms with van der Waals surface area (Å²) in [5.74, 6) is -1.44. The number of anilines is 1. The van der Waals surface area contributed by atoms with Crippen molar-refractivity contribution in [1.82, 2.24) is 20.3 Å². The van der Waals surface area contributed by atoms with Crippen molar-refractivity contribution in [1.29, 1.82) is 0 Å². The summed E-state index contributed by atoms with van der Waals surface area (Å²) in [7, 11) is 0. The molecule has 0 saturated carbocycles. The minimum Gasteiger partial charge on any atom is -0.382 e. The van der Waals surface area contributed by atoms with Crippen molar-refractivity contribution < 1.29 is 22.4 Å². The Bertz CT molecular complexity index is 1420. The van der Waals surface area contributed by atoms with Crippen molar-refractivity contribution >= 4 is 11.7 Å². The molecule has 184 valence electrons. The standard InChI is InChI=1S/C26H21F4N5O/c1-14-11-18(12-15(2)33-14)22-21(16-7-9-19(27)10-8-16)35-24(31)23(34-22)25(36)32-13-17-5-3-4-6-20(17)26(28,29)30/h3-12H,13H2,1-2H3,(H2,31,35)(H,32,36). The van der Waals surface area contributed by atoms with E-state index in [1.54, 1.807) is 26.0 Å². The average molecular weight is 495 g/mol. The van der Waals surface area contributed by atoms with Crippen LogP contribution in [-0.4, -0.2) is 20.9 Å². The molecule has 2 aromatic carbocycles. The van der Waals surface area contributed by atoms with Crippen molar-refractivity contribution in [2.24, 2.45) is 0 Å². The number of nitrogens with two attached hydrogens (primary N) is 1. The topological polar surface area (TPSA) is 93.8 Å². The van der Waals surface area contributed by atoms with Gasteiger partial charge in [-0.3, -0.25) is 9.78 Å².